The van der Waals surface area contributed by atoms with Gasteiger partial charge in [0.2, 0.25) is 0 Å². The summed E-state index contributed by atoms with van der Waals surface area (Å²) >= 11 is 0. The second-order valence-electron chi connectivity index (χ2n) is 5.12. The van der Waals surface area contributed by atoms with Gasteiger partial charge in [0.25, 0.3) is 0 Å². The Morgan fingerprint density at radius 2 is 2.11 bits per heavy atom. The molecule has 0 amide bonds. The van der Waals surface area contributed by atoms with Crippen molar-refractivity contribution in [3.8, 4) is 5.75 Å². The molecule has 2 rings (SSSR count). The molecule has 0 saturated carbocycles. The number of hydrogen-bond acceptors (Lipinski definition) is 2. The zero-order chi connectivity index (χ0) is 14.2. The van der Waals surface area contributed by atoms with E-state index in [4.69, 9.17) is 4.74 Å². The highest BCUT2D eigenvalue weighted by atomic mass is 16.5. The number of ether oxygens (including phenoxy) is 1. The van der Waals surface area contributed by atoms with Crippen LogP contribution in [0.2, 0.25) is 0 Å². The molecule has 0 unspecified atom stereocenters. The van der Waals surface area contributed by atoms with Crippen LogP contribution in [0.25, 0.3) is 10.9 Å². The Bertz CT molecular complexity index is 626. The number of aryl methyl sites for hydroxylation is 1. The summed E-state index contributed by atoms with van der Waals surface area (Å²) < 4.78 is 7.42. The number of nitrogens with zero attached hydrogens (tertiary/aromatic N) is 1. The van der Waals surface area contributed by atoms with Crippen LogP contribution in [0.15, 0.2) is 24.4 Å². The van der Waals surface area contributed by atoms with Crippen molar-refractivity contribution in [2.24, 2.45) is 0 Å². The largest absolute Gasteiger partial charge is 0.495 e. The third-order valence-corrected chi connectivity index (χ3v) is 3.63. The average molecular weight is 261 g/mol. The van der Waals surface area contributed by atoms with Crippen LogP contribution in [-0.4, -0.2) is 22.8 Å². The topological polar surface area (TPSA) is 51.5 Å². The smallest absolute Gasteiger partial charge is 0.313 e. The standard InChI is InChI=1S/C15H19NO3/c1-5-16-9-11(15(2,3)14(17)18)10-7-6-8-12(19-4)13(10)16/h6-9H,5H2,1-4H3,(H,17,18). The summed E-state index contributed by atoms with van der Waals surface area (Å²) in [5, 5.41) is 10.4. The van der Waals surface area contributed by atoms with Crippen molar-refractivity contribution in [3.05, 3.63) is 30.0 Å². The molecule has 1 heterocycles. The Morgan fingerprint density at radius 3 is 2.63 bits per heavy atom. The predicted octanol–water partition coefficient (Wildman–Crippen LogP) is 3.03. The first-order valence-electron chi connectivity index (χ1n) is 6.33. The molecule has 4 heteroatoms. The fourth-order valence-electron chi connectivity index (χ4n) is 2.35. The number of carboxylic acid groups (broad SMARTS) is 1. The maximum Gasteiger partial charge on any atom is 0.313 e. The van der Waals surface area contributed by atoms with E-state index in [2.05, 4.69) is 0 Å². The van der Waals surface area contributed by atoms with E-state index in [1.165, 1.54) is 0 Å². The summed E-state index contributed by atoms with van der Waals surface area (Å²) in [5.41, 5.74) is 0.845. The Kier molecular flexibility index (Phi) is 3.27. The molecule has 1 aromatic heterocycles. The van der Waals surface area contributed by atoms with E-state index >= 15 is 0 Å². The number of benzene rings is 1. The van der Waals surface area contributed by atoms with Gasteiger partial charge in [0.1, 0.15) is 5.75 Å². The van der Waals surface area contributed by atoms with Gasteiger partial charge in [-0.25, -0.2) is 0 Å². The van der Waals surface area contributed by atoms with Crippen molar-refractivity contribution in [1.29, 1.82) is 0 Å². The highest BCUT2D eigenvalue weighted by molar-refractivity contribution is 5.94. The third kappa shape index (κ3) is 1.97. The molecule has 0 radical (unpaired) electrons. The molecule has 1 aromatic carbocycles. The van der Waals surface area contributed by atoms with Crippen molar-refractivity contribution in [2.45, 2.75) is 32.7 Å². The number of para-hydroxylation sites is 1. The van der Waals surface area contributed by atoms with Crippen LogP contribution in [-0.2, 0) is 16.8 Å². The molecule has 0 fully saturated rings. The monoisotopic (exact) mass is 261 g/mol. The van der Waals surface area contributed by atoms with Crippen molar-refractivity contribution in [3.63, 3.8) is 0 Å². The Hall–Kier alpha value is -1.97. The van der Waals surface area contributed by atoms with Crippen LogP contribution in [0, 0.1) is 0 Å². The average Bonchev–Trinajstić information content (AvgIpc) is 2.77. The van der Waals surface area contributed by atoms with Crippen LogP contribution < -0.4 is 4.74 Å². The van der Waals surface area contributed by atoms with Gasteiger partial charge in [-0.05, 0) is 32.4 Å². The van der Waals surface area contributed by atoms with Gasteiger partial charge in [0.05, 0.1) is 18.0 Å². The van der Waals surface area contributed by atoms with Crippen LogP contribution >= 0.6 is 0 Å². The zero-order valence-corrected chi connectivity index (χ0v) is 11.7. The van der Waals surface area contributed by atoms with Crippen molar-refractivity contribution >= 4 is 16.9 Å². The molecule has 19 heavy (non-hydrogen) atoms. The van der Waals surface area contributed by atoms with Crippen molar-refractivity contribution in [1.82, 2.24) is 4.57 Å². The van der Waals surface area contributed by atoms with Crippen LogP contribution in [0.5, 0.6) is 5.75 Å². The fraction of sp³-hybridized carbons (Fsp3) is 0.400. The highest BCUT2D eigenvalue weighted by Crippen LogP contribution is 2.36. The van der Waals surface area contributed by atoms with Gasteiger partial charge in [-0.1, -0.05) is 12.1 Å². The predicted molar refractivity (Wildman–Crippen MR) is 74.8 cm³/mol. The SMILES string of the molecule is CCn1cc(C(C)(C)C(=O)O)c2cccc(OC)c21. The molecular weight excluding hydrogens is 242 g/mol. The number of aromatic nitrogens is 1. The molecule has 1 N–H and O–H groups in total. The minimum Gasteiger partial charge on any atom is -0.495 e. The quantitative estimate of drug-likeness (QED) is 0.920. The summed E-state index contributed by atoms with van der Waals surface area (Å²) in [7, 11) is 1.63. The molecule has 0 saturated heterocycles. The zero-order valence-electron chi connectivity index (χ0n) is 11.7. The molecule has 102 valence electrons. The van der Waals surface area contributed by atoms with E-state index in [1.807, 2.05) is 35.9 Å². The first kappa shape index (κ1) is 13.5. The minimum absolute atomic E-state index is 0.770. The summed E-state index contributed by atoms with van der Waals surface area (Å²) in [6.07, 6.45) is 1.92. The van der Waals surface area contributed by atoms with Crippen LogP contribution in [0.4, 0.5) is 0 Å². The number of rotatable bonds is 4. The number of carbonyl (C=O) groups is 1. The van der Waals surface area contributed by atoms with Gasteiger partial charge in [-0.2, -0.15) is 0 Å². The van der Waals surface area contributed by atoms with Gasteiger partial charge in [-0.15, -0.1) is 0 Å². The molecule has 2 aromatic rings. The fourth-order valence-corrected chi connectivity index (χ4v) is 2.35. The van der Waals surface area contributed by atoms with E-state index in [0.717, 1.165) is 28.8 Å². The molecule has 0 aliphatic rings. The van der Waals surface area contributed by atoms with Gasteiger partial charge in [-0.3, -0.25) is 4.79 Å². The van der Waals surface area contributed by atoms with E-state index in [9.17, 15) is 9.90 Å². The van der Waals surface area contributed by atoms with E-state index in [0.29, 0.717) is 0 Å². The third-order valence-electron chi connectivity index (χ3n) is 3.63. The molecule has 0 bridgehead atoms. The van der Waals surface area contributed by atoms with E-state index in [1.54, 1.807) is 21.0 Å². The van der Waals surface area contributed by atoms with Crippen LogP contribution in [0.3, 0.4) is 0 Å². The number of carboxylic acids is 1. The number of fused-ring (bicyclic) bond motifs is 1. The number of aliphatic carboxylic acids is 1. The lowest BCUT2D eigenvalue weighted by Gasteiger charge is -2.18. The Morgan fingerprint density at radius 1 is 1.42 bits per heavy atom. The van der Waals surface area contributed by atoms with Gasteiger partial charge >= 0.3 is 5.97 Å². The maximum absolute atomic E-state index is 11.5. The van der Waals surface area contributed by atoms with Gasteiger partial charge in [0, 0.05) is 18.1 Å². The molecule has 0 spiro atoms. The summed E-state index contributed by atoms with van der Waals surface area (Å²) in [6.45, 7) is 6.25. The van der Waals surface area contributed by atoms with Crippen molar-refractivity contribution in [2.75, 3.05) is 7.11 Å². The lowest BCUT2D eigenvalue weighted by atomic mass is 9.84. The highest BCUT2D eigenvalue weighted by Gasteiger charge is 2.33. The number of methoxy groups -OCH3 is 1. The summed E-state index contributed by atoms with van der Waals surface area (Å²) in [5.74, 6) is -0.0581. The maximum atomic E-state index is 11.5. The molecule has 4 nitrogen and oxygen atoms in total. The number of hydrogen-bond donors (Lipinski definition) is 1. The molecule has 0 atom stereocenters. The lowest BCUT2D eigenvalue weighted by Crippen LogP contribution is -2.28. The Labute approximate surface area is 112 Å². The van der Waals surface area contributed by atoms with Gasteiger partial charge < -0.3 is 14.4 Å². The second kappa shape index (κ2) is 4.61. The van der Waals surface area contributed by atoms with E-state index < -0.39 is 11.4 Å². The summed E-state index contributed by atoms with van der Waals surface area (Å²) in [6, 6.07) is 5.73. The summed E-state index contributed by atoms with van der Waals surface area (Å²) in [4.78, 5) is 11.5. The molecule has 0 aliphatic carbocycles. The van der Waals surface area contributed by atoms with Crippen LogP contribution in [0.1, 0.15) is 26.3 Å². The first-order chi connectivity index (χ1) is 8.93. The lowest BCUT2D eigenvalue weighted by molar-refractivity contribution is -0.142. The molecule has 0 aliphatic heterocycles. The minimum atomic E-state index is -0.926. The van der Waals surface area contributed by atoms with E-state index in [-0.39, 0.29) is 0 Å². The molecular formula is C15H19NO3. The van der Waals surface area contributed by atoms with Crippen molar-refractivity contribution < 1.29 is 14.6 Å². The Balaban J connectivity index is 2.81. The normalized spacial score (nSPS) is 11.8. The first-order valence-corrected chi connectivity index (χ1v) is 6.33. The second-order valence-corrected chi connectivity index (χ2v) is 5.12. The van der Waals surface area contributed by atoms with Gasteiger partial charge in [0.15, 0.2) is 0 Å².